The van der Waals surface area contributed by atoms with Gasteiger partial charge in [-0.15, -0.1) is 0 Å². The van der Waals surface area contributed by atoms with Crippen LogP contribution in [-0.2, 0) is 17.8 Å². The van der Waals surface area contributed by atoms with Crippen LogP contribution >= 0.6 is 15.9 Å². The molecule has 2 aromatic rings. The summed E-state index contributed by atoms with van der Waals surface area (Å²) in [4.78, 5) is 13.9. The minimum absolute atomic E-state index is 0.0726. The van der Waals surface area contributed by atoms with Crippen LogP contribution in [0.4, 0.5) is 5.69 Å². The highest BCUT2D eigenvalue weighted by Gasteiger charge is 2.29. The van der Waals surface area contributed by atoms with Gasteiger partial charge in [0.1, 0.15) is 6.54 Å². The molecule has 0 fully saturated rings. The zero-order valence-electron chi connectivity index (χ0n) is 13.5. The number of amides is 1. The van der Waals surface area contributed by atoms with Crippen LogP contribution in [0.2, 0.25) is 0 Å². The molecule has 3 nitrogen and oxygen atoms in total. The summed E-state index contributed by atoms with van der Waals surface area (Å²) < 4.78 is 0.928. The number of halogens is 1. The molecule has 1 heterocycles. The van der Waals surface area contributed by atoms with E-state index in [1.54, 1.807) is 0 Å². The van der Waals surface area contributed by atoms with Crippen molar-refractivity contribution in [3.8, 4) is 0 Å². The predicted octanol–water partition coefficient (Wildman–Crippen LogP) is 2.73. The molecule has 1 aliphatic heterocycles. The lowest BCUT2D eigenvalue weighted by Gasteiger charge is -2.30. The van der Waals surface area contributed by atoms with Gasteiger partial charge < -0.3 is 10.2 Å². The second-order valence-electron chi connectivity index (χ2n) is 6.30. The predicted molar refractivity (Wildman–Crippen MR) is 96.7 cm³/mol. The zero-order chi connectivity index (χ0) is 16.4. The maximum atomic E-state index is 12.6. The molecule has 0 aliphatic carbocycles. The number of carbonyl (C=O) groups is 1. The molecule has 4 heteroatoms. The lowest BCUT2D eigenvalue weighted by Crippen LogP contribution is -3.16. The minimum atomic E-state index is -0.0726. The molecule has 0 saturated heterocycles. The molecule has 2 aromatic carbocycles. The second kappa shape index (κ2) is 6.85. The van der Waals surface area contributed by atoms with Gasteiger partial charge in [-0.05, 0) is 53.0 Å². The molecule has 0 bridgehead atoms. The molecule has 2 N–H and O–H groups in total. The van der Waals surface area contributed by atoms with Crippen LogP contribution < -0.4 is 10.2 Å². The monoisotopic (exact) mass is 373 g/mol. The number of nitrogens with one attached hydrogen (secondary N) is 2. The molecular weight excluding hydrogens is 352 g/mol. The van der Waals surface area contributed by atoms with Crippen LogP contribution in [-0.4, -0.2) is 18.5 Å². The second-order valence-corrected chi connectivity index (χ2v) is 7.15. The van der Waals surface area contributed by atoms with Crippen molar-refractivity contribution in [1.82, 2.24) is 0 Å². The summed E-state index contributed by atoms with van der Waals surface area (Å²) in [6.45, 7) is 5.97. The lowest BCUT2D eigenvalue weighted by molar-refractivity contribution is -0.929. The summed E-state index contributed by atoms with van der Waals surface area (Å²) in [5.74, 6) is 0.0731. The van der Waals surface area contributed by atoms with E-state index in [2.05, 4.69) is 45.5 Å². The van der Waals surface area contributed by atoms with Gasteiger partial charge in [0.25, 0.3) is 5.91 Å². The van der Waals surface area contributed by atoms with Crippen LogP contribution in [0, 0.1) is 6.92 Å². The molecule has 1 amide bonds. The van der Waals surface area contributed by atoms with Crippen molar-refractivity contribution in [3.63, 3.8) is 0 Å². The van der Waals surface area contributed by atoms with Gasteiger partial charge in [-0.2, -0.15) is 0 Å². The molecule has 23 heavy (non-hydrogen) atoms. The number of quaternary nitrogens is 1. The van der Waals surface area contributed by atoms with Gasteiger partial charge in [0.2, 0.25) is 0 Å². The third kappa shape index (κ3) is 3.65. The average molecular weight is 374 g/mol. The van der Waals surface area contributed by atoms with E-state index in [0.29, 0.717) is 0 Å². The first-order valence-electron chi connectivity index (χ1n) is 8.03. The topological polar surface area (TPSA) is 33.5 Å². The van der Waals surface area contributed by atoms with Gasteiger partial charge in [-0.1, -0.05) is 30.3 Å². The Morgan fingerprint density at radius 1 is 1.22 bits per heavy atom. The van der Waals surface area contributed by atoms with E-state index in [-0.39, 0.29) is 11.9 Å². The Bertz CT molecular complexity index is 729. The summed E-state index contributed by atoms with van der Waals surface area (Å²) in [5, 5.41) is 3.05. The van der Waals surface area contributed by atoms with E-state index in [4.69, 9.17) is 0 Å². The highest BCUT2D eigenvalue weighted by molar-refractivity contribution is 9.10. The van der Waals surface area contributed by atoms with Gasteiger partial charge in [0.05, 0.1) is 12.2 Å². The summed E-state index contributed by atoms with van der Waals surface area (Å²) in [5.41, 5.74) is 4.79. The highest BCUT2D eigenvalue weighted by Crippen LogP contribution is 2.23. The number of rotatable bonds is 3. The van der Waals surface area contributed by atoms with Crippen LogP contribution in [0.25, 0.3) is 0 Å². The summed E-state index contributed by atoms with van der Waals surface area (Å²) in [6.07, 6.45) is 1.04. The normalized spacial score (nSPS) is 18.1. The van der Waals surface area contributed by atoms with Crippen molar-refractivity contribution in [1.29, 1.82) is 0 Å². The number of anilines is 1. The number of carbonyl (C=O) groups excluding carboxylic acids is 1. The van der Waals surface area contributed by atoms with Crippen molar-refractivity contribution < 1.29 is 9.69 Å². The molecule has 0 radical (unpaired) electrons. The fraction of sp³-hybridized carbons (Fsp3) is 0.316. The van der Waals surface area contributed by atoms with E-state index in [1.165, 1.54) is 21.6 Å². The van der Waals surface area contributed by atoms with Gasteiger partial charge in [-0.3, -0.25) is 4.79 Å². The molecule has 1 unspecified atom stereocenters. The van der Waals surface area contributed by atoms with Crippen molar-refractivity contribution in [2.24, 2.45) is 0 Å². The minimum Gasteiger partial charge on any atom is -0.321 e. The Labute approximate surface area is 145 Å². The molecule has 0 saturated carbocycles. The SMILES string of the molecule is Cc1ccc(NC(=O)[C@@H](C)[NH+]2CCc3ccccc3C2)c(Br)c1. The Morgan fingerprint density at radius 3 is 2.70 bits per heavy atom. The first-order chi connectivity index (χ1) is 11.0. The molecule has 3 rings (SSSR count). The Hall–Kier alpha value is -1.65. The number of fused-ring (bicyclic) bond motifs is 1. The fourth-order valence-corrected chi connectivity index (χ4v) is 3.71. The number of aryl methyl sites for hydroxylation is 1. The van der Waals surface area contributed by atoms with Gasteiger partial charge >= 0.3 is 0 Å². The van der Waals surface area contributed by atoms with Crippen molar-refractivity contribution >= 4 is 27.5 Å². The van der Waals surface area contributed by atoms with Crippen molar-refractivity contribution in [3.05, 3.63) is 63.6 Å². The largest absolute Gasteiger partial charge is 0.321 e. The third-order valence-electron chi connectivity index (χ3n) is 4.64. The number of hydrogen-bond acceptors (Lipinski definition) is 1. The quantitative estimate of drug-likeness (QED) is 0.851. The highest BCUT2D eigenvalue weighted by atomic mass is 79.9. The molecule has 2 atom stereocenters. The van der Waals surface area contributed by atoms with Crippen LogP contribution in [0.5, 0.6) is 0 Å². The van der Waals surface area contributed by atoms with Crippen LogP contribution in [0.1, 0.15) is 23.6 Å². The molecule has 0 aromatic heterocycles. The van der Waals surface area contributed by atoms with Crippen molar-refractivity contribution in [2.45, 2.75) is 32.9 Å². The summed E-state index contributed by atoms with van der Waals surface area (Å²) in [7, 11) is 0. The number of benzene rings is 2. The van der Waals surface area contributed by atoms with Crippen LogP contribution in [0.3, 0.4) is 0 Å². The Balaban J connectivity index is 1.68. The average Bonchev–Trinajstić information content (AvgIpc) is 2.56. The van der Waals surface area contributed by atoms with E-state index < -0.39 is 0 Å². The van der Waals surface area contributed by atoms with Crippen molar-refractivity contribution in [2.75, 3.05) is 11.9 Å². The maximum Gasteiger partial charge on any atom is 0.282 e. The maximum absolute atomic E-state index is 12.6. The van der Waals surface area contributed by atoms with E-state index in [0.717, 1.165) is 29.7 Å². The third-order valence-corrected chi connectivity index (χ3v) is 5.30. The first-order valence-corrected chi connectivity index (χ1v) is 8.82. The number of hydrogen-bond donors (Lipinski definition) is 2. The molecule has 120 valence electrons. The van der Waals surface area contributed by atoms with E-state index in [1.807, 2.05) is 32.0 Å². The zero-order valence-corrected chi connectivity index (χ0v) is 15.1. The van der Waals surface area contributed by atoms with Crippen LogP contribution in [0.15, 0.2) is 46.9 Å². The van der Waals surface area contributed by atoms with Gasteiger partial charge in [0.15, 0.2) is 6.04 Å². The first kappa shape index (κ1) is 16.2. The lowest BCUT2D eigenvalue weighted by atomic mass is 9.99. The molecule has 0 spiro atoms. The summed E-state index contributed by atoms with van der Waals surface area (Å²) in [6, 6.07) is 14.4. The molecule has 1 aliphatic rings. The molecular formula is C19H22BrN2O+. The fourth-order valence-electron chi connectivity index (χ4n) is 3.12. The van der Waals surface area contributed by atoms with E-state index >= 15 is 0 Å². The Kier molecular flexibility index (Phi) is 4.83. The Morgan fingerprint density at radius 2 is 1.96 bits per heavy atom. The smallest absolute Gasteiger partial charge is 0.282 e. The van der Waals surface area contributed by atoms with Gasteiger partial charge in [-0.25, -0.2) is 0 Å². The van der Waals surface area contributed by atoms with E-state index in [9.17, 15) is 4.79 Å². The standard InChI is InChI=1S/C19H21BrN2O/c1-13-7-8-18(17(20)11-13)21-19(23)14(2)22-10-9-15-5-3-4-6-16(15)12-22/h3-8,11,14H,9-10,12H2,1-2H3,(H,21,23)/p+1/t14-/m1/s1. The summed E-state index contributed by atoms with van der Waals surface area (Å²) >= 11 is 3.52. The van der Waals surface area contributed by atoms with Gasteiger partial charge in [0, 0.05) is 16.5 Å².